The Morgan fingerprint density at radius 1 is 1.15 bits per heavy atom. The molecule has 1 aromatic carbocycles. The van der Waals surface area contributed by atoms with Gasteiger partial charge in [0.1, 0.15) is 16.5 Å². The molecule has 3 rings (SSSR count). The first kappa shape index (κ1) is 17.9. The highest BCUT2D eigenvalue weighted by Crippen LogP contribution is 2.29. The van der Waals surface area contributed by atoms with Gasteiger partial charge in [-0.05, 0) is 30.7 Å². The first-order chi connectivity index (χ1) is 12.7. The first-order valence-corrected chi connectivity index (χ1v) is 8.94. The van der Waals surface area contributed by atoms with Gasteiger partial charge < -0.3 is 14.8 Å². The number of nitrogens with zero attached hydrogens (tertiary/aromatic N) is 2. The molecule has 6 nitrogen and oxygen atoms in total. The van der Waals surface area contributed by atoms with E-state index >= 15 is 0 Å². The Labute approximate surface area is 155 Å². The molecule has 7 heteroatoms. The number of carbonyl (C=O) groups is 1. The molecule has 2 aromatic heterocycles. The van der Waals surface area contributed by atoms with Crippen LogP contribution in [0.2, 0.25) is 0 Å². The lowest BCUT2D eigenvalue weighted by Gasteiger charge is -2.11. The van der Waals surface area contributed by atoms with Crippen molar-refractivity contribution in [1.29, 1.82) is 0 Å². The molecule has 2 heterocycles. The smallest absolute Gasteiger partial charge is 0.224 e. The van der Waals surface area contributed by atoms with E-state index in [1.807, 2.05) is 17.5 Å². The van der Waals surface area contributed by atoms with Crippen molar-refractivity contribution in [3.63, 3.8) is 0 Å². The molecule has 0 aliphatic rings. The number of nitrogens with one attached hydrogen (secondary N) is 1. The summed E-state index contributed by atoms with van der Waals surface area (Å²) in [7, 11) is 3.14. The zero-order valence-electron chi connectivity index (χ0n) is 14.6. The number of amides is 1. The van der Waals surface area contributed by atoms with Crippen molar-refractivity contribution in [2.75, 3.05) is 19.5 Å². The number of benzene rings is 1. The molecule has 0 aliphatic carbocycles. The molecule has 0 spiro atoms. The van der Waals surface area contributed by atoms with E-state index in [9.17, 15) is 4.79 Å². The molecule has 1 N–H and O–H groups in total. The van der Waals surface area contributed by atoms with E-state index in [4.69, 9.17) is 9.47 Å². The summed E-state index contributed by atoms with van der Waals surface area (Å²) in [5.74, 6) is 1.14. The quantitative estimate of drug-likeness (QED) is 0.686. The van der Waals surface area contributed by atoms with Gasteiger partial charge in [0, 0.05) is 35.8 Å². The maximum atomic E-state index is 12.3. The summed E-state index contributed by atoms with van der Waals surface area (Å²) in [6.07, 6.45) is 4.40. The van der Waals surface area contributed by atoms with Crippen LogP contribution in [-0.2, 0) is 11.2 Å². The second-order valence-corrected chi connectivity index (χ2v) is 6.35. The monoisotopic (exact) mass is 369 g/mol. The Bertz CT molecular complexity index is 881. The number of anilines is 1. The number of methoxy groups -OCH3 is 2. The molecule has 134 valence electrons. The molecule has 0 radical (unpaired) electrons. The van der Waals surface area contributed by atoms with E-state index in [2.05, 4.69) is 15.3 Å². The molecular formula is C19H19N3O3S. The van der Waals surface area contributed by atoms with Gasteiger partial charge in [0.25, 0.3) is 0 Å². The van der Waals surface area contributed by atoms with Crippen LogP contribution in [0.4, 0.5) is 5.69 Å². The molecule has 1 amide bonds. The van der Waals surface area contributed by atoms with Crippen LogP contribution in [0, 0.1) is 0 Å². The summed E-state index contributed by atoms with van der Waals surface area (Å²) in [6.45, 7) is 0. The maximum absolute atomic E-state index is 12.3. The normalized spacial score (nSPS) is 10.4. The third kappa shape index (κ3) is 4.37. The zero-order chi connectivity index (χ0) is 18.4. The number of thiazole rings is 1. The number of carbonyl (C=O) groups excluding carboxylic acids is 1. The van der Waals surface area contributed by atoms with E-state index in [1.54, 1.807) is 56.1 Å². The van der Waals surface area contributed by atoms with Gasteiger partial charge in [-0.15, -0.1) is 11.3 Å². The van der Waals surface area contributed by atoms with E-state index in [-0.39, 0.29) is 5.91 Å². The summed E-state index contributed by atoms with van der Waals surface area (Å²) >= 11 is 1.56. The van der Waals surface area contributed by atoms with Gasteiger partial charge in [-0.3, -0.25) is 9.78 Å². The number of aryl methyl sites for hydroxylation is 1. The third-order valence-electron chi connectivity index (χ3n) is 3.77. The molecule has 26 heavy (non-hydrogen) atoms. The summed E-state index contributed by atoms with van der Waals surface area (Å²) in [6, 6.07) is 9.12. The van der Waals surface area contributed by atoms with Crippen molar-refractivity contribution >= 4 is 22.9 Å². The lowest BCUT2D eigenvalue weighted by molar-refractivity contribution is -0.116. The van der Waals surface area contributed by atoms with Crippen molar-refractivity contribution in [2.24, 2.45) is 0 Å². The van der Waals surface area contributed by atoms with Crippen molar-refractivity contribution in [2.45, 2.75) is 12.8 Å². The third-order valence-corrected chi connectivity index (χ3v) is 4.71. The predicted octanol–water partition coefficient (Wildman–Crippen LogP) is 3.79. The van der Waals surface area contributed by atoms with Crippen LogP contribution >= 0.6 is 11.3 Å². The number of hydrogen-bond donors (Lipinski definition) is 1. The van der Waals surface area contributed by atoms with Crippen LogP contribution in [0.15, 0.2) is 48.1 Å². The molecule has 0 bridgehead atoms. The number of aromatic nitrogens is 2. The second-order valence-electron chi connectivity index (χ2n) is 5.49. The zero-order valence-corrected chi connectivity index (χ0v) is 15.4. The van der Waals surface area contributed by atoms with E-state index < -0.39 is 0 Å². The van der Waals surface area contributed by atoms with Crippen LogP contribution in [0.3, 0.4) is 0 Å². The molecule has 0 atom stereocenters. The van der Waals surface area contributed by atoms with Crippen LogP contribution in [-0.4, -0.2) is 30.1 Å². The molecule has 0 unspecified atom stereocenters. The van der Waals surface area contributed by atoms with Gasteiger partial charge in [-0.25, -0.2) is 4.98 Å². The Hall–Kier alpha value is -2.93. The second kappa shape index (κ2) is 8.44. The van der Waals surface area contributed by atoms with Crippen LogP contribution in [0.25, 0.3) is 10.6 Å². The summed E-state index contributed by atoms with van der Waals surface area (Å²) in [5.41, 5.74) is 2.55. The Kier molecular flexibility index (Phi) is 5.80. The lowest BCUT2D eigenvalue weighted by Crippen LogP contribution is -2.13. The minimum Gasteiger partial charge on any atom is -0.497 e. The minimum atomic E-state index is -0.0908. The molecular weight excluding hydrogens is 350 g/mol. The van der Waals surface area contributed by atoms with Gasteiger partial charge in [-0.2, -0.15) is 0 Å². The largest absolute Gasteiger partial charge is 0.497 e. The van der Waals surface area contributed by atoms with E-state index in [1.165, 1.54) is 0 Å². The molecule has 0 fully saturated rings. The fourth-order valence-electron chi connectivity index (χ4n) is 2.40. The number of ether oxygens (including phenoxy) is 2. The Morgan fingerprint density at radius 2 is 1.96 bits per heavy atom. The van der Waals surface area contributed by atoms with Gasteiger partial charge >= 0.3 is 0 Å². The average Bonchev–Trinajstić information content (AvgIpc) is 3.16. The first-order valence-electron chi connectivity index (χ1n) is 8.06. The van der Waals surface area contributed by atoms with Crippen LogP contribution in [0.5, 0.6) is 11.5 Å². The van der Waals surface area contributed by atoms with E-state index in [0.29, 0.717) is 30.0 Å². The van der Waals surface area contributed by atoms with Gasteiger partial charge in [0.05, 0.1) is 25.6 Å². The lowest BCUT2D eigenvalue weighted by atomic mass is 10.2. The fourth-order valence-corrected chi connectivity index (χ4v) is 3.27. The fraction of sp³-hybridized carbons (Fsp3) is 0.211. The van der Waals surface area contributed by atoms with Crippen molar-refractivity contribution in [3.8, 4) is 22.1 Å². The van der Waals surface area contributed by atoms with Crippen LogP contribution < -0.4 is 14.8 Å². The SMILES string of the molecule is COc1ccc(NC(=O)CCc2csc(-c3ccncc3)n2)c(OC)c1. The minimum absolute atomic E-state index is 0.0908. The summed E-state index contributed by atoms with van der Waals surface area (Å²) < 4.78 is 10.5. The number of rotatable bonds is 7. The van der Waals surface area contributed by atoms with Crippen molar-refractivity contribution in [1.82, 2.24) is 9.97 Å². The predicted molar refractivity (Wildman–Crippen MR) is 102 cm³/mol. The van der Waals surface area contributed by atoms with Crippen LogP contribution in [0.1, 0.15) is 12.1 Å². The molecule has 0 saturated carbocycles. The Balaban J connectivity index is 1.59. The highest BCUT2D eigenvalue weighted by Gasteiger charge is 2.11. The highest BCUT2D eigenvalue weighted by molar-refractivity contribution is 7.13. The topological polar surface area (TPSA) is 73.3 Å². The number of hydrogen-bond acceptors (Lipinski definition) is 6. The van der Waals surface area contributed by atoms with Crippen molar-refractivity contribution in [3.05, 3.63) is 53.8 Å². The summed E-state index contributed by atoms with van der Waals surface area (Å²) in [5, 5.41) is 5.78. The average molecular weight is 369 g/mol. The van der Waals surface area contributed by atoms with Gasteiger partial charge in [0.2, 0.25) is 5.91 Å². The molecule has 0 aliphatic heterocycles. The highest BCUT2D eigenvalue weighted by atomic mass is 32.1. The molecule has 3 aromatic rings. The van der Waals surface area contributed by atoms with E-state index in [0.717, 1.165) is 16.3 Å². The maximum Gasteiger partial charge on any atom is 0.224 e. The standard InChI is InChI=1S/C19H19N3O3S/c1-24-15-4-5-16(17(11-15)25-2)22-18(23)6-3-14-12-26-19(21-14)13-7-9-20-10-8-13/h4-5,7-12H,3,6H2,1-2H3,(H,22,23). The van der Waals surface area contributed by atoms with Gasteiger partial charge in [0.15, 0.2) is 0 Å². The van der Waals surface area contributed by atoms with Gasteiger partial charge in [-0.1, -0.05) is 0 Å². The molecule has 0 saturated heterocycles. The van der Waals surface area contributed by atoms with Crippen molar-refractivity contribution < 1.29 is 14.3 Å². The summed E-state index contributed by atoms with van der Waals surface area (Å²) in [4.78, 5) is 20.8. The Morgan fingerprint density at radius 3 is 2.69 bits per heavy atom. The number of pyridine rings is 1.